The summed E-state index contributed by atoms with van der Waals surface area (Å²) in [5, 5.41) is 33.6. The van der Waals surface area contributed by atoms with Crippen molar-refractivity contribution in [2.75, 3.05) is 6.61 Å². The van der Waals surface area contributed by atoms with Crippen LogP contribution in [0, 0.1) is 0 Å². The summed E-state index contributed by atoms with van der Waals surface area (Å²) in [6.07, 6.45) is 62.9. The van der Waals surface area contributed by atoms with Gasteiger partial charge in [-0.1, -0.05) is 237 Å². The summed E-state index contributed by atoms with van der Waals surface area (Å²) in [5.41, 5.74) is 0. The van der Waals surface area contributed by atoms with Gasteiger partial charge < -0.3 is 20.6 Å². The molecular formula is C54H103NO4. The third-order valence-electron chi connectivity index (χ3n) is 12.2. The van der Waals surface area contributed by atoms with E-state index < -0.39 is 18.2 Å². The SMILES string of the molecule is CCCCCCCCCCC/C=C\C/C=C\CCCCCCCCCCCCCCCCCC(=O)NC(CO)C(O)C(O)CCC/C=C/CCCCCCCCCCC. The molecule has 0 heterocycles. The molecule has 4 N–H and O–H groups in total. The van der Waals surface area contributed by atoms with Crippen molar-refractivity contribution in [3.63, 3.8) is 0 Å². The highest BCUT2D eigenvalue weighted by molar-refractivity contribution is 5.76. The number of carbonyl (C=O) groups excluding carboxylic acids is 1. The maximum Gasteiger partial charge on any atom is 0.220 e. The molecule has 0 rings (SSSR count). The molecule has 0 aromatic carbocycles. The van der Waals surface area contributed by atoms with Crippen LogP contribution in [0.15, 0.2) is 36.5 Å². The van der Waals surface area contributed by atoms with Crippen molar-refractivity contribution in [3.8, 4) is 0 Å². The van der Waals surface area contributed by atoms with E-state index in [4.69, 9.17) is 0 Å². The standard InChI is InChI=1S/C54H103NO4/c1-3-5-7-9-11-13-15-17-19-20-21-22-23-24-25-26-27-28-29-30-31-32-33-34-35-37-39-41-43-45-47-49-53(58)55-51(50-56)54(59)52(57)48-46-44-42-40-38-36-18-16-14-12-10-8-6-4-2/h21-22,24-25,40,42,51-52,54,56-57,59H,3-20,23,26-39,41,43-50H2,1-2H3,(H,55,58)/b22-21-,25-24-,42-40+. The number of hydrogen-bond acceptors (Lipinski definition) is 4. The first-order valence-corrected chi connectivity index (χ1v) is 26.3. The topological polar surface area (TPSA) is 89.8 Å². The predicted molar refractivity (Wildman–Crippen MR) is 259 cm³/mol. The van der Waals surface area contributed by atoms with E-state index in [0.717, 1.165) is 44.9 Å². The number of aliphatic hydroxyl groups is 3. The molecule has 3 atom stereocenters. The molecule has 0 aromatic rings. The lowest BCUT2D eigenvalue weighted by Gasteiger charge is -2.26. The minimum atomic E-state index is -1.16. The molecule has 0 fully saturated rings. The summed E-state index contributed by atoms with van der Waals surface area (Å²) in [4.78, 5) is 12.5. The van der Waals surface area contributed by atoms with Crippen molar-refractivity contribution in [1.82, 2.24) is 5.32 Å². The maximum atomic E-state index is 12.5. The molecule has 0 radical (unpaired) electrons. The first-order chi connectivity index (χ1) is 29.1. The Labute approximate surface area is 368 Å². The van der Waals surface area contributed by atoms with Gasteiger partial charge in [-0.2, -0.15) is 0 Å². The van der Waals surface area contributed by atoms with Crippen LogP contribution in [0.2, 0.25) is 0 Å². The van der Waals surface area contributed by atoms with E-state index in [1.807, 2.05) is 0 Å². The Morgan fingerprint density at radius 2 is 0.729 bits per heavy atom. The molecule has 1 amide bonds. The van der Waals surface area contributed by atoms with Gasteiger partial charge in [-0.15, -0.1) is 0 Å². The third kappa shape index (κ3) is 44.4. The van der Waals surface area contributed by atoms with Gasteiger partial charge in [-0.25, -0.2) is 0 Å². The summed E-state index contributed by atoms with van der Waals surface area (Å²) in [6.45, 7) is 4.18. The number of aliphatic hydroxyl groups excluding tert-OH is 3. The summed E-state index contributed by atoms with van der Waals surface area (Å²) in [6, 6.07) is -0.825. The highest BCUT2D eigenvalue weighted by Gasteiger charge is 2.26. The smallest absolute Gasteiger partial charge is 0.220 e. The van der Waals surface area contributed by atoms with Gasteiger partial charge in [-0.3, -0.25) is 4.79 Å². The van der Waals surface area contributed by atoms with E-state index in [1.54, 1.807) is 0 Å². The van der Waals surface area contributed by atoms with Gasteiger partial charge in [0.2, 0.25) is 5.91 Å². The van der Waals surface area contributed by atoms with Gasteiger partial charge in [0.1, 0.15) is 6.10 Å². The molecule has 0 bridgehead atoms. The zero-order valence-electron chi connectivity index (χ0n) is 39.6. The van der Waals surface area contributed by atoms with Crippen molar-refractivity contribution in [3.05, 3.63) is 36.5 Å². The zero-order chi connectivity index (χ0) is 43.0. The second kappa shape index (κ2) is 49.2. The normalized spacial score (nSPS) is 13.6. The second-order valence-corrected chi connectivity index (χ2v) is 18.1. The molecule has 0 saturated heterocycles. The van der Waals surface area contributed by atoms with E-state index in [9.17, 15) is 20.1 Å². The van der Waals surface area contributed by atoms with Crippen molar-refractivity contribution < 1.29 is 20.1 Å². The molecule has 5 heteroatoms. The van der Waals surface area contributed by atoms with E-state index in [2.05, 4.69) is 55.6 Å². The fourth-order valence-corrected chi connectivity index (χ4v) is 8.14. The van der Waals surface area contributed by atoms with E-state index in [0.29, 0.717) is 12.8 Å². The number of rotatable bonds is 48. The maximum absolute atomic E-state index is 12.5. The molecule has 0 aliphatic carbocycles. The van der Waals surface area contributed by atoms with E-state index in [1.165, 1.54) is 205 Å². The lowest BCUT2D eigenvalue weighted by atomic mass is 10.0. The minimum Gasteiger partial charge on any atom is -0.394 e. The Morgan fingerprint density at radius 3 is 1.08 bits per heavy atom. The summed E-state index contributed by atoms with van der Waals surface area (Å²) < 4.78 is 0. The molecule has 0 aliphatic rings. The largest absolute Gasteiger partial charge is 0.394 e. The van der Waals surface area contributed by atoms with Gasteiger partial charge in [0.15, 0.2) is 0 Å². The Morgan fingerprint density at radius 1 is 0.424 bits per heavy atom. The Balaban J connectivity index is 3.54. The molecule has 59 heavy (non-hydrogen) atoms. The van der Waals surface area contributed by atoms with Crippen LogP contribution in [-0.4, -0.2) is 46.1 Å². The number of unbranched alkanes of at least 4 members (excludes halogenated alkanes) is 34. The van der Waals surface area contributed by atoms with Gasteiger partial charge in [0.05, 0.1) is 18.8 Å². The number of carbonyl (C=O) groups is 1. The van der Waals surface area contributed by atoms with Crippen LogP contribution in [0.1, 0.15) is 277 Å². The summed E-state index contributed by atoms with van der Waals surface area (Å²) in [7, 11) is 0. The first kappa shape index (κ1) is 57.6. The highest BCUT2D eigenvalue weighted by Crippen LogP contribution is 2.16. The monoisotopic (exact) mass is 830 g/mol. The molecular weight excluding hydrogens is 727 g/mol. The average Bonchev–Trinajstić information content (AvgIpc) is 3.24. The van der Waals surface area contributed by atoms with Crippen LogP contribution >= 0.6 is 0 Å². The lowest BCUT2D eigenvalue weighted by molar-refractivity contribution is -0.124. The molecule has 5 nitrogen and oxygen atoms in total. The molecule has 0 aliphatic heterocycles. The van der Waals surface area contributed by atoms with Crippen molar-refractivity contribution in [2.24, 2.45) is 0 Å². The van der Waals surface area contributed by atoms with Gasteiger partial charge in [0, 0.05) is 6.42 Å². The third-order valence-corrected chi connectivity index (χ3v) is 12.2. The second-order valence-electron chi connectivity index (χ2n) is 18.1. The number of hydrogen-bond donors (Lipinski definition) is 4. The Kier molecular flexibility index (Phi) is 48.0. The Bertz CT molecular complexity index is 916. The summed E-state index contributed by atoms with van der Waals surface area (Å²) >= 11 is 0. The lowest BCUT2D eigenvalue weighted by Crippen LogP contribution is -2.50. The predicted octanol–water partition coefficient (Wildman–Crippen LogP) is 15.9. The van der Waals surface area contributed by atoms with Crippen LogP contribution < -0.4 is 5.32 Å². The fraction of sp³-hybridized carbons (Fsp3) is 0.870. The van der Waals surface area contributed by atoms with Gasteiger partial charge in [-0.05, 0) is 70.6 Å². The van der Waals surface area contributed by atoms with Crippen LogP contribution in [0.3, 0.4) is 0 Å². The average molecular weight is 830 g/mol. The van der Waals surface area contributed by atoms with Crippen LogP contribution in [-0.2, 0) is 4.79 Å². The number of allylic oxidation sites excluding steroid dienone is 6. The van der Waals surface area contributed by atoms with E-state index >= 15 is 0 Å². The minimum absolute atomic E-state index is 0.153. The number of nitrogens with one attached hydrogen (secondary N) is 1. The molecule has 0 saturated carbocycles. The quantitative estimate of drug-likeness (QED) is 0.0363. The van der Waals surface area contributed by atoms with Crippen LogP contribution in [0.25, 0.3) is 0 Å². The van der Waals surface area contributed by atoms with Crippen LogP contribution in [0.5, 0.6) is 0 Å². The Hall–Kier alpha value is -1.43. The van der Waals surface area contributed by atoms with Gasteiger partial charge >= 0.3 is 0 Å². The highest BCUT2D eigenvalue weighted by atomic mass is 16.3. The van der Waals surface area contributed by atoms with Gasteiger partial charge in [0.25, 0.3) is 0 Å². The van der Waals surface area contributed by atoms with Crippen LogP contribution in [0.4, 0.5) is 0 Å². The molecule has 0 spiro atoms. The molecule has 348 valence electrons. The molecule has 0 aromatic heterocycles. The van der Waals surface area contributed by atoms with Crippen molar-refractivity contribution in [2.45, 2.75) is 295 Å². The van der Waals surface area contributed by atoms with E-state index in [-0.39, 0.29) is 12.5 Å². The first-order valence-electron chi connectivity index (χ1n) is 26.3. The molecule has 3 unspecified atom stereocenters. The zero-order valence-corrected chi connectivity index (χ0v) is 39.6. The van der Waals surface area contributed by atoms with Crippen molar-refractivity contribution >= 4 is 5.91 Å². The van der Waals surface area contributed by atoms with Crippen molar-refractivity contribution in [1.29, 1.82) is 0 Å². The number of amides is 1. The fourth-order valence-electron chi connectivity index (χ4n) is 8.14. The summed E-state index contributed by atoms with van der Waals surface area (Å²) in [5.74, 6) is -0.153.